The highest BCUT2D eigenvalue weighted by Gasteiger charge is 2.81. The molecule has 14 atom stereocenters. The predicted molar refractivity (Wildman–Crippen MR) is 126 cm³/mol. The number of hydrogen-bond acceptors (Lipinski definition) is 18. The number of ether oxygens (including phenoxy) is 4. The first-order valence-corrected chi connectivity index (χ1v) is 12.6. The second-order valence-corrected chi connectivity index (χ2v) is 10.3. The van der Waals surface area contributed by atoms with Gasteiger partial charge in [-0.05, 0) is 0 Å². The average molecular weight is 603 g/mol. The maximum absolute atomic E-state index is 12.9. The molecule has 0 amide bonds. The van der Waals surface area contributed by atoms with Gasteiger partial charge in [0.25, 0.3) is 0 Å². The summed E-state index contributed by atoms with van der Waals surface area (Å²) in [7, 11) is 0. The largest absolute Gasteiger partial charge is 0.446 e. The minimum atomic E-state index is -3.86. The molecule has 0 saturated carbocycles. The standard InChI is InChI=1S/C23H38O18/c1-2-13(29)41-23(21(36)11(4-25)38-6-8(27)18(21)33,22(37)12(5-26)39-7-9(28)19(22)34)20(35)17-16(32)15(31)14(30)10(3-24)40-17/h2,8-12,14-20,24-28,30-37H,1,3-7H2/t8-,9-,10+,11+,12+,14+,15-,16+,17+,18+,19+,20?,21-,22-/m0/s1. The second-order valence-electron chi connectivity index (χ2n) is 10.3. The molecule has 18 heteroatoms. The van der Waals surface area contributed by atoms with Gasteiger partial charge in [-0.3, -0.25) is 0 Å². The molecule has 0 bridgehead atoms. The molecule has 3 rings (SSSR count). The molecule has 0 aromatic carbocycles. The number of aliphatic hydroxyl groups excluding tert-OH is 11. The van der Waals surface area contributed by atoms with Gasteiger partial charge in [-0.15, -0.1) is 0 Å². The molecule has 3 aliphatic heterocycles. The Hall–Kier alpha value is -1.43. The summed E-state index contributed by atoms with van der Waals surface area (Å²) in [5.74, 6) is -1.64. The molecular weight excluding hydrogens is 564 g/mol. The van der Waals surface area contributed by atoms with Gasteiger partial charge in [0.1, 0.15) is 73.2 Å². The second kappa shape index (κ2) is 12.7. The molecular formula is C23H38O18. The molecule has 3 fully saturated rings. The maximum atomic E-state index is 12.9. The molecule has 13 N–H and O–H groups in total. The first-order chi connectivity index (χ1) is 19.1. The van der Waals surface area contributed by atoms with Crippen LogP contribution >= 0.6 is 0 Å². The van der Waals surface area contributed by atoms with Crippen molar-refractivity contribution in [3.63, 3.8) is 0 Å². The number of esters is 1. The van der Waals surface area contributed by atoms with Crippen LogP contribution in [-0.4, -0.2) is 195 Å². The third-order valence-corrected chi connectivity index (χ3v) is 8.16. The molecule has 0 radical (unpaired) electrons. The lowest BCUT2D eigenvalue weighted by Crippen LogP contribution is -2.91. The zero-order valence-corrected chi connectivity index (χ0v) is 21.6. The molecule has 0 aliphatic carbocycles. The van der Waals surface area contributed by atoms with Gasteiger partial charge in [0.2, 0.25) is 5.60 Å². The maximum Gasteiger partial charge on any atom is 0.331 e. The van der Waals surface area contributed by atoms with Crippen LogP contribution in [0.1, 0.15) is 0 Å². The third kappa shape index (κ3) is 5.00. The van der Waals surface area contributed by atoms with Crippen LogP contribution in [0.3, 0.4) is 0 Å². The highest BCUT2D eigenvalue weighted by atomic mass is 16.6. The van der Waals surface area contributed by atoms with Gasteiger partial charge in [-0.25, -0.2) is 4.79 Å². The summed E-state index contributed by atoms with van der Waals surface area (Å²) in [4.78, 5) is 12.9. The Morgan fingerprint density at radius 2 is 1.32 bits per heavy atom. The van der Waals surface area contributed by atoms with Crippen molar-refractivity contribution in [3.05, 3.63) is 12.7 Å². The Morgan fingerprint density at radius 3 is 1.71 bits per heavy atom. The normalized spacial score (nSPS) is 46.5. The van der Waals surface area contributed by atoms with Gasteiger partial charge in [0, 0.05) is 6.08 Å². The number of carbonyl (C=O) groups is 1. The molecule has 3 saturated heterocycles. The molecule has 3 aliphatic rings. The van der Waals surface area contributed by atoms with Gasteiger partial charge in [0.15, 0.2) is 11.2 Å². The Bertz CT molecular complexity index is 873. The summed E-state index contributed by atoms with van der Waals surface area (Å²) in [5.41, 5.74) is -11.2. The van der Waals surface area contributed by atoms with Crippen molar-refractivity contribution in [1.82, 2.24) is 0 Å². The SMILES string of the molecule is C=CC(=O)OC(C(O)[C@@H]1O[C@H](CO)[C@@H](O)[C@H](O)[C@H]1O)([C@@]1(O)[C@H](O)[C@@H](O)CO[C@@H]1CO)[C@@]1(O)[C@H](O)[C@@H](O)CO[C@@H]1CO. The van der Waals surface area contributed by atoms with E-state index in [1.54, 1.807) is 0 Å². The lowest BCUT2D eigenvalue weighted by atomic mass is 9.56. The number of hydrogen-bond donors (Lipinski definition) is 13. The fourth-order valence-electron chi connectivity index (χ4n) is 5.98. The number of rotatable bonds is 9. The van der Waals surface area contributed by atoms with Gasteiger partial charge in [-0.2, -0.15) is 0 Å². The number of aliphatic hydroxyl groups is 13. The minimum absolute atomic E-state index is 0.419. The van der Waals surface area contributed by atoms with E-state index in [1.807, 2.05) is 0 Å². The zero-order valence-electron chi connectivity index (χ0n) is 21.6. The fourth-order valence-corrected chi connectivity index (χ4v) is 5.98. The molecule has 0 spiro atoms. The van der Waals surface area contributed by atoms with Gasteiger partial charge in [0.05, 0.1) is 33.0 Å². The van der Waals surface area contributed by atoms with Crippen LogP contribution in [0.4, 0.5) is 0 Å². The van der Waals surface area contributed by atoms with E-state index in [1.165, 1.54) is 0 Å². The summed E-state index contributed by atoms with van der Waals surface area (Å²) in [6.45, 7) is -2.03. The summed E-state index contributed by atoms with van der Waals surface area (Å²) < 4.78 is 21.1. The lowest BCUT2D eigenvalue weighted by molar-refractivity contribution is -0.411. The van der Waals surface area contributed by atoms with Crippen molar-refractivity contribution >= 4 is 5.97 Å². The predicted octanol–water partition coefficient (Wildman–Crippen LogP) is -8.65. The van der Waals surface area contributed by atoms with Crippen LogP contribution in [0.5, 0.6) is 0 Å². The van der Waals surface area contributed by atoms with Crippen LogP contribution in [0, 0.1) is 0 Å². The Balaban J connectivity index is 2.47. The molecule has 1 unspecified atom stereocenters. The Morgan fingerprint density at radius 1 is 0.854 bits per heavy atom. The monoisotopic (exact) mass is 602 g/mol. The molecule has 3 heterocycles. The first-order valence-electron chi connectivity index (χ1n) is 12.6. The van der Waals surface area contributed by atoms with E-state index in [-0.39, 0.29) is 0 Å². The molecule has 0 aromatic heterocycles. The highest BCUT2D eigenvalue weighted by Crippen LogP contribution is 2.53. The quantitative estimate of drug-likeness (QED) is 0.0860. The summed E-state index contributed by atoms with van der Waals surface area (Å²) in [6.07, 6.45) is -27.3. The summed E-state index contributed by atoms with van der Waals surface area (Å²) in [6, 6.07) is 0. The molecule has 238 valence electrons. The third-order valence-electron chi connectivity index (χ3n) is 8.16. The van der Waals surface area contributed by atoms with E-state index >= 15 is 0 Å². The van der Waals surface area contributed by atoms with Crippen LogP contribution in [0.15, 0.2) is 12.7 Å². The summed E-state index contributed by atoms with van der Waals surface area (Å²) >= 11 is 0. The topological polar surface area (TPSA) is 317 Å². The van der Waals surface area contributed by atoms with E-state index in [0.717, 1.165) is 0 Å². The Kier molecular flexibility index (Phi) is 10.5. The van der Waals surface area contributed by atoms with Crippen LogP contribution in [0.25, 0.3) is 0 Å². The summed E-state index contributed by atoms with van der Waals surface area (Å²) in [5, 5.41) is 141. The van der Waals surface area contributed by atoms with E-state index in [2.05, 4.69) is 6.58 Å². The van der Waals surface area contributed by atoms with E-state index in [0.29, 0.717) is 6.08 Å². The van der Waals surface area contributed by atoms with Crippen LogP contribution in [0.2, 0.25) is 0 Å². The molecule has 41 heavy (non-hydrogen) atoms. The van der Waals surface area contributed by atoms with Crippen LogP contribution < -0.4 is 0 Å². The van der Waals surface area contributed by atoms with Crippen molar-refractivity contribution in [2.24, 2.45) is 0 Å². The van der Waals surface area contributed by atoms with Crippen LogP contribution in [-0.2, 0) is 23.7 Å². The fraction of sp³-hybridized carbons (Fsp3) is 0.870. The lowest BCUT2D eigenvalue weighted by Gasteiger charge is -2.64. The van der Waals surface area contributed by atoms with E-state index in [4.69, 9.17) is 18.9 Å². The van der Waals surface area contributed by atoms with E-state index < -0.39 is 129 Å². The number of carbonyl (C=O) groups excluding carboxylic acids is 1. The van der Waals surface area contributed by atoms with Crippen molar-refractivity contribution in [2.45, 2.75) is 90.1 Å². The smallest absolute Gasteiger partial charge is 0.331 e. The highest BCUT2D eigenvalue weighted by molar-refractivity contribution is 5.82. The van der Waals surface area contributed by atoms with Gasteiger partial charge in [-0.1, -0.05) is 6.58 Å². The van der Waals surface area contributed by atoms with Gasteiger partial charge >= 0.3 is 5.97 Å². The average Bonchev–Trinajstić information content (AvgIpc) is 2.96. The van der Waals surface area contributed by atoms with Gasteiger partial charge < -0.3 is 85.3 Å². The first kappa shape index (κ1) is 34.1. The molecule has 0 aromatic rings. The van der Waals surface area contributed by atoms with Crippen molar-refractivity contribution in [1.29, 1.82) is 0 Å². The zero-order chi connectivity index (χ0) is 31.1. The van der Waals surface area contributed by atoms with Crippen molar-refractivity contribution in [2.75, 3.05) is 33.0 Å². The molecule has 18 nitrogen and oxygen atoms in total. The van der Waals surface area contributed by atoms with Crippen molar-refractivity contribution in [3.8, 4) is 0 Å². The minimum Gasteiger partial charge on any atom is -0.446 e. The Labute approximate surface area is 232 Å². The van der Waals surface area contributed by atoms with E-state index in [9.17, 15) is 71.2 Å². The van der Waals surface area contributed by atoms with Crippen molar-refractivity contribution < 1.29 is 90.1 Å².